The first-order valence-corrected chi connectivity index (χ1v) is 9.94. The predicted molar refractivity (Wildman–Crippen MR) is 115 cm³/mol. The molecule has 1 aliphatic rings. The van der Waals surface area contributed by atoms with E-state index in [1.165, 1.54) is 11.1 Å². The first-order valence-electron chi connectivity index (χ1n) is 9.94. The van der Waals surface area contributed by atoms with Crippen molar-refractivity contribution in [1.29, 1.82) is 0 Å². The van der Waals surface area contributed by atoms with Crippen molar-refractivity contribution in [2.75, 3.05) is 11.4 Å². The lowest BCUT2D eigenvalue weighted by Crippen LogP contribution is -2.48. The van der Waals surface area contributed by atoms with Gasteiger partial charge in [0.25, 0.3) is 5.91 Å². The molecule has 0 aromatic heterocycles. The van der Waals surface area contributed by atoms with Gasteiger partial charge in [-0.15, -0.1) is 0 Å². The quantitative estimate of drug-likeness (QED) is 0.725. The minimum Gasteiger partial charge on any atom is -0.354 e. The Morgan fingerprint density at radius 3 is 2.41 bits per heavy atom. The first-order chi connectivity index (χ1) is 14.1. The summed E-state index contributed by atoms with van der Waals surface area (Å²) in [7, 11) is 0. The molecule has 146 valence electrons. The van der Waals surface area contributed by atoms with Gasteiger partial charge in [-0.1, -0.05) is 60.7 Å². The number of fused-ring (bicyclic) bond motifs is 1. The van der Waals surface area contributed by atoms with E-state index in [0.29, 0.717) is 18.5 Å². The smallest absolute Gasteiger partial charge is 0.259 e. The number of benzene rings is 3. The second-order valence-electron chi connectivity index (χ2n) is 7.36. The highest BCUT2D eigenvalue weighted by Gasteiger charge is 2.38. The molecule has 1 atom stereocenters. The number of hydrogen-bond donors (Lipinski definition) is 1. The SMILES string of the molecule is Cc1ccccc1CCNC(=O)[C@@H]1Cc2ccccc2N1C(=O)c1ccccc1. The number of hydrogen-bond acceptors (Lipinski definition) is 2. The normalized spacial score (nSPS) is 15.1. The second-order valence-corrected chi connectivity index (χ2v) is 7.36. The van der Waals surface area contributed by atoms with Crippen molar-refractivity contribution in [3.63, 3.8) is 0 Å². The summed E-state index contributed by atoms with van der Waals surface area (Å²) in [6.07, 6.45) is 1.30. The molecule has 0 bridgehead atoms. The summed E-state index contributed by atoms with van der Waals surface area (Å²) in [4.78, 5) is 27.9. The summed E-state index contributed by atoms with van der Waals surface area (Å²) < 4.78 is 0. The molecular formula is C25H24N2O2. The first kappa shape index (κ1) is 18.9. The van der Waals surface area contributed by atoms with Gasteiger partial charge in [-0.2, -0.15) is 0 Å². The van der Waals surface area contributed by atoms with E-state index in [4.69, 9.17) is 0 Å². The molecule has 0 spiro atoms. The fraction of sp³-hybridized carbons (Fsp3) is 0.200. The number of carbonyl (C=O) groups is 2. The average molecular weight is 384 g/mol. The molecule has 4 nitrogen and oxygen atoms in total. The third kappa shape index (κ3) is 3.92. The van der Waals surface area contributed by atoms with Crippen molar-refractivity contribution in [2.24, 2.45) is 0 Å². The van der Waals surface area contributed by atoms with E-state index in [1.54, 1.807) is 17.0 Å². The van der Waals surface area contributed by atoms with Gasteiger partial charge in [-0.3, -0.25) is 14.5 Å². The summed E-state index contributed by atoms with van der Waals surface area (Å²) in [5.74, 6) is -0.256. The molecule has 1 N–H and O–H groups in total. The van der Waals surface area contributed by atoms with Crippen LogP contribution in [0.5, 0.6) is 0 Å². The Balaban J connectivity index is 1.51. The van der Waals surface area contributed by atoms with Crippen LogP contribution in [-0.4, -0.2) is 24.4 Å². The van der Waals surface area contributed by atoms with Crippen molar-refractivity contribution in [3.8, 4) is 0 Å². The van der Waals surface area contributed by atoms with Crippen LogP contribution in [0.2, 0.25) is 0 Å². The molecule has 1 heterocycles. The van der Waals surface area contributed by atoms with Crippen LogP contribution in [0.15, 0.2) is 78.9 Å². The number of nitrogens with zero attached hydrogens (tertiary/aromatic N) is 1. The molecule has 1 aliphatic heterocycles. The predicted octanol–water partition coefficient (Wildman–Crippen LogP) is 3.93. The maximum absolute atomic E-state index is 13.2. The van der Waals surface area contributed by atoms with E-state index in [2.05, 4.69) is 24.4 Å². The van der Waals surface area contributed by atoms with Crippen LogP contribution in [0.4, 0.5) is 5.69 Å². The van der Waals surface area contributed by atoms with Crippen LogP contribution in [0.1, 0.15) is 27.0 Å². The van der Waals surface area contributed by atoms with Gasteiger partial charge in [-0.05, 0) is 48.2 Å². The van der Waals surface area contributed by atoms with Crippen LogP contribution in [0, 0.1) is 6.92 Å². The molecule has 0 fully saturated rings. The van der Waals surface area contributed by atoms with Crippen LogP contribution < -0.4 is 10.2 Å². The largest absolute Gasteiger partial charge is 0.354 e. The third-order valence-electron chi connectivity index (χ3n) is 5.47. The molecule has 0 aliphatic carbocycles. The zero-order chi connectivity index (χ0) is 20.2. The lowest BCUT2D eigenvalue weighted by atomic mass is 10.1. The highest BCUT2D eigenvalue weighted by Crippen LogP contribution is 2.33. The third-order valence-corrected chi connectivity index (χ3v) is 5.47. The van der Waals surface area contributed by atoms with Crippen molar-refractivity contribution < 1.29 is 9.59 Å². The molecule has 0 radical (unpaired) electrons. The Morgan fingerprint density at radius 1 is 0.931 bits per heavy atom. The molecule has 3 aromatic carbocycles. The molecule has 0 unspecified atom stereocenters. The van der Waals surface area contributed by atoms with Crippen LogP contribution in [0.3, 0.4) is 0 Å². The lowest BCUT2D eigenvalue weighted by molar-refractivity contribution is -0.122. The number of amides is 2. The van der Waals surface area contributed by atoms with Gasteiger partial charge in [-0.25, -0.2) is 0 Å². The average Bonchev–Trinajstić information content (AvgIpc) is 3.15. The minimum absolute atomic E-state index is 0.112. The Morgan fingerprint density at radius 2 is 1.62 bits per heavy atom. The Labute approximate surface area is 171 Å². The molecule has 3 aromatic rings. The van der Waals surface area contributed by atoms with Crippen molar-refractivity contribution >= 4 is 17.5 Å². The van der Waals surface area contributed by atoms with Crippen molar-refractivity contribution in [3.05, 3.63) is 101 Å². The molecule has 29 heavy (non-hydrogen) atoms. The molecule has 4 heteroatoms. The zero-order valence-electron chi connectivity index (χ0n) is 16.5. The van der Waals surface area contributed by atoms with Gasteiger partial charge in [0.2, 0.25) is 5.91 Å². The number of aryl methyl sites for hydroxylation is 1. The Bertz CT molecular complexity index is 1030. The molecule has 0 saturated carbocycles. The van der Waals surface area contributed by atoms with E-state index in [1.807, 2.05) is 54.6 Å². The number of carbonyl (C=O) groups excluding carboxylic acids is 2. The summed E-state index contributed by atoms with van der Waals surface area (Å²) in [5.41, 5.74) is 4.87. The summed E-state index contributed by atoms with van der Waals surface area (Å²) >= 11 is 0. The summed E-state index contributed by atoms with van der Waals surface area (Å²) in [6, 6.07) is 24.5. The number of anilines is 1. The minimum atomic E-state index is -0.531. The van der Waals surface area contributed by atoms with E-state index in [-0.39, 0.29) is 11.8 Å². The topological polar surface area (TPSA) is 49.4 Å². The van der Waals surface area contributed by atoms with Gasteiger partial charge in [0.05, 0.1) is 0 Å². The van der Waals surface area contributed by atoms with Crippen molar-refractivity contribution in [2.45, 2.75) is 25.8 Å². The van der Waals surface area contributed by atoms with E-state index in [0.717, 1.165) is 17.7 Å². The van der Waals surface area contributed by atoms with Gasteiger partial charge < -0.3 is 5.32 Å². The Hall–Kier alpha value is -3.40. The van der Waals surface area contributed by atoms with E-state index >= 15 is 0 Å². The van der Waals surface area contributed by atoms with Crippen LogP contribution in [0.25, 0.3) is 0 Å². The van der Waals surface area contributed by atoms with Gasteiger partial charge in [0.15, 0.2) is 0 Å². The van der Waals surface area contributed by atoms with Gasteiger partial charge in [0.1, 0.15) is 6.04 Å². The fourth-order valence-electron chi connectivity index (χ4n) is 3.90. The number of para-hydroxylation sites is 1. The van der Waals surface area contributed by atoms with E-state index in [9.17, 15) is 9.59 Å². The van der Waals surface area contributed by atoms with Crippen molar-refractivity contribution in [1.82, 2.24) is 5.32 Å². The monoisotopic (exact) mass is 384 g/mol. The summed E-state index contributed by atoms with van der Waals surface area (Å²) in [5, 5.41) is 3.04. The standard InChI is InChI=1S/C25H24N2O2/c1-18-9-5-6-10-19(18)15-16-26-24(28)23-17-21-13-7-8-14-22(21)27(23)25(29)20-11-3-2-4-12-20/h2-14,23H,15-17H2,1H3,(H,26,28)/t23-/m0/s1. The zero-order valence-corrected chi connectivity index (χ0v) is 16.5. The fourth-order valence-corrected chi connectivity index (χ4v) is 3.90. The highest BCUT2D eigenvalue weighted by molar-refractivity contribution is 6.11. The Kier molecular flexibility index (Phi) is 5.43. The molecule has 2 amide bonds. The van der Waals surface area contributed by atoms with Crippen LogP contribution >= 0.6 is 0 Å². The second kappa shape index (κ2) is 8.31. The van der Waals surface area contributed by atoms with E-state index < -0.39 is 6.04 Å². The maximum Gasteiger partial charge on any atom is 0.259 e. The maximum atomic E-state index is 13.2. The summed E-state index contributed by atoms with van der Waals surface area (Å²) in [6.45, 7) is 2.62. The number of nitrogens with one attached hydrogen (secondary N) is 1. The molecule has 4 rings (SSSR count). The van der Waals surface area contributed by atoms with Crippen LogP contribution in [-0.2, 0) is 17.6 Å². The molecular weight excluding hydrogens is 360 g/mol. The van der Waals surface area contributed by atoms with Gasteiger partial charge in [0, 0.05) is 24.2 Å². The molecule has 0 saturated heterocycles. The van der Waals surface area contributed by atoms with Gasteiger partial charge >= 0.3 is 0 Å². The lowest BCUT2D eigenvalue weighted by Gasteiger charge is -2.25. The highest BCUT2D eigenvalue weighted by atomic mass is 16.2. The number of rotatable bonds is 5.